The lowest BCUT2D eigenvalue weighted by Gasteiger charge is -2.27. The molecule has 1 aliphatic rings. The molecule has 1 aromatic rings. The van der Waals surface area contributed by atoms with Crippen molar-refractivity contribution in [2.45, 2.75) is 19.4 Å². The van der Waals surface area contributed by atoms with Crippen molar-refractivity contribution >= 4 is 23.4 Å². The van der Waals surface area contributed by atoms with Crippen LogP contribution in [0.2, 0.25) is 5.02 Å². The molecule has 0 radical (unpaired) electrons. The van der Waals surface area contributed by atoms with Gasteiger partial charge in [0, 0.05) is 11.6 Å². The molecule has 6 heteroatoms. The monoisotopic (exact) mass is 310 g/mol. The molecule has 1 aliphatic heterocycles. The van der Waals surface area contributed by atoms with Crippen LogP contribution in [0.4, 0.5) is 0 Å². The van der Waals surface area contributed by atoms with E-state index in [9.17, 15) is 9.59 Å². The second kappa shape index (κ2) is 7.43. The minimum Gasteiger partial charge on any atom is -0.369 e. The molecule has 2 atom stereocenters. The van der Waals surface area contributed by atoms with Gasteiger partial charge in [-0.1, -0.05) is 23.7 Å². The zero-order valence-corrected chi connectivity index (χ0v) is 12.7. The van der Waals surface area contributed by atoms with Gasteiger partial charge in [-0.15, -0.1) is 0 Å². The van der Waals surface area contributed by atoms with Crippen LogP contribution in [0.5, 0.6) is 0 Å². The molecule has 1 fully saturated rings. The van der Waals surface area contributed by atoms with E-state index in [1.54, 1.807) is 12.1 Å². The molecule has 1 aromatic carbocycles. The molecule has 0 aliphatic carbocycles. The number of quaternary nitrogens is 1. The van der Waals surface area contributed by atoms with Gasteiger partial charge in [0.1, 0.15) is 0 Å². The van der Waals surface area contributed by atoms with E-state index in [0.717, 1.165) is 29.8 Å². The predicted molar refractivity (Wildman–Crippen MR) is 80.8 cm³/mol. The number of primary amides is 1. The molecule has 0 bridgehead atoms. The number of nitrogens with one attached hydrogen (secondary N) is 2. The van der Waals surface area contributed by atoms with Crippen LogP contribution >= 0.6 is 11.6 Å². The number of rotatable bonds is 5. The molecular formula is C15H21ClN3O2+. The van der Waals surface area contributed by atoms with Crippen molar-refractivity contribution in [2.75, 3.05) is 19.6 Å². The van der Waals surface area contributed by atoms with Crippen LogP contribution in [-0.2, 0) is 16.1 Å². The number of hydrogen-bond acceptors (Lipinski definition) is 2. The van der Waals surface area contributed by atoms with E-state index >= 15 is 0 Å². The van der Waals surface area contributed by atoms with E-state index in [1.165, 1.54) is 0 Å². The Hall–Kier alpha value is -1.59. The number of carbonyl (C=O) groups excluding carboxylic acids is 2. The number of carbonyl (C=O) groups is 2. The van der Waals surface area contributed by atoms with Crippen molar-refractivity contribution in [1.82, 2.24) is 5.32 Å². The van der Waals surface area contributed by atoms with Crippen LogP contribution in [0.3, 0.4) is 0 Å². The maximum Gasteiger partial charge on any atom is 0.275 e. The molecule has 2 amide bonds. The van der Waals surface area contributed by atoms with Gasteiger partial charge in [-0.2, -0.15) is 0 Å². The highest BCUT2D eigenvalue weighted by Gasteiger charge is 2.28. The fraction of sp³-hybridized carbons (Fsp3) is 0.467. The van der Waals surface area contributed by atoms with Crippen molar-refractivity contribution in [3.63, 3.8) is 0 Å². The number of halogens is 1. The number of hydrogen-bond donors (Lipinski definition) is 3. The second-order valence-electron chi connectivity index (χ2n) is 5.53. The molecule has 1 heterocycles. The quantitative estimate of drug-likeness (QED) is 0.700. The molecule has 114 valence electrons. The Kier molecular flexibility index (Phi) is 5.59. The molecule has 5 nitrogen and oxygen atoms in total. The Morgan fingerprint density at radius 1 is 1.33 bits per heavy atom. The standard InChI is InChI=1S/C15H20ClN3O2/c16-13-5-3-11(4-6-13)8-18-14(20)10-19-7-1-2-12(9-19)15(17)21/h3-6,12H,1-2,7-10H2,(H2,17,21)(H,18,20)/p+1/t12-/m0/s1. The second-order valence-corrected chi connectivity index (χ2v) is 5.96. The number of piperidine rings is 1. The molecule has 1 saturated heterocycles. The normalized spacial score (nSPS) is 21.8. The van der Waals surface area contributed by atoms with E-state index in [-0.39, 0.29) is 17.7 Å². The zero-order valence-electron chi connectivity index (χ0n) is 11.9. The minimum absolute atomic E-state index is 0.00919. The van der Waals surface area contributed by atoms with E-state index in [4.69, 9.17) is 17.3 Å². The van der Waals surface area contributed by atoms with Crippen molar-refractivity contribution in [2.24, 2.45) is 11.7 Å². The Morgan fingerprint density at radius 2 is 2.05 bits per heavy atom. The lowest BCUT2D eigenvalue weighted by atomic mass is 9.97. The minimum atomic E-state index is -0.256. The van der Waals surface area contributed by atoms with E-state index in [0.29, 0.717) is 24.7 Å². The summed E-state index contributed by atoms with van der Waals surface area (Å²) in [6.07, 6.45) is 1.78. The molecule has 4 N–H and O–H groups in total. The zero-order chi connectivity index (χ0) is 15.2. The average Bonchev–Trinajstić information content (AvgIpc) is 2.47. The molecule has 0 saturated carbocycles. The molecule has 0 aromatic heterocycles. The summed E-state index contributed by atoms with van der Waals surface area (Å²) >= 11 is 5.81. The summed E-state index contributed by atoms with van der Waals surface area (Å²) in [5.74, 6) is -0.364. The third-order valence-electron chi connectivity index (χ3n) is 3.83. The van der Waals surface area contributed by atoms with E-state index in [2.05, 4.69) is 5.32 Å². The Bertz CT molecular complexity index is 504. The number of benzene rings is 1. The fourth-order valence-electron chi connectivity index (χ4n) is 2.65. The molecule has 2 rings (SSSR count). The lowest BCUT2D eigenvalue weighted by Crippen LogP contribution is -3.14. The number of nitrogens with two attached hydrogens (primary N) is 1. The van der Waals surface area contributed by atoms with Crippen molar-refractivity contribution in [3.05, 3.63) is 34.9 Å². The molecule has 1 unspecified atom stereocenters. The van der Waals surface area contributed by atoms with Gasteiger partial charge in [0.25, 0.3) is 5.91 Å². The van der Waals surface area contributed by atoms with Crippen molar-refractivity contribution < 1.29 is 14.5 Å². The third-order valence-corrected chi connectivity index (χ3v) is 4.09. The van der Waals surface area contributed by atoms with E-state index in [1.807, 2.05) is 12.1 Å². The Balaban J connectivity index is 1.76. The van der Waals surface area contributed by atoms with Gasteiger partial charge < -0.3 is 16.0 Å². The SMILES string of the molecule is NC(=O)[C@H]1CCC[NH+](CC(=O)NCc2ccc(Cl)cc2)C1. The van der Waals surface area contributed by atoms with Gasteiger partial charge in [0.05, 0.1) is 19.0 Å². The maximum absolute atomic E-state index is 12.0. The van der Waals surface area contributed by atoms with Gasteiger partial charge >= 0.3 is 0 Å². The Morgan fingerprint density at radius 3 is 2.71 bits per heavy atom. The van der Waals surface area contributed by atoms with Crippen molar-refractivity contribution in [1.29, 1.82) is 0 Å². The van der Waals surface area contributed by atoms with Crippen LogP contribution in [0.1, 0.15) is 18.4 Å². The molecule has 21 heavy (non-hydrogen) atoms. The fourth-order valence-corrected chi connectivity index (χ4v) is 2.77. The maximum atomic E-state index is 12.0. The molecule has 0 spiro atoms. The summed E-state index contributed by atoms with van der Waals surface area (Å²) < 4.78 is 0. The number of likely N-dealkylation sites (tertiary alicyclic amines) is 1. The van der Waals surface area contributed by atoms with Gasteiger partial charge in [-0.25, -0.2) is 0 Å². The first-order valence-corrected chi connectivity index (χ1v) is 7.56. The van der Waals surface area contributed by atoms with Crippen LogP contribution in [0, 0.1) is 5.92 Å². The highest BCUT2D eigenvalue weighted by Crippen LogP contribution is 2.09. The average molecular weight is 311 g/mol. The van der Waals surface area contributed by atoms with Gasteiger partial charge in [0.2, 0.25) is 5.91 Å². The highest BCUT2D eigenvalue weighted by atomic mass is 35.5. The first-order chi connectivity index (χ1) is 10.0. The predicted octanol–water partition coefficient (Wildman–Crippen LogP) is -0.264. The summed E-state index contributed by atoms with van der Waals surface area (Å²) in [6, 6.07) is 7.38. The first kappa shape index (κ1) is 15.8. The van der Waals surface area contributed by atoms with Crippen LogP contribution in [0.25, 0.3) is 0 Å². The van der Waals surface area contributed by atoms with Gasteiger partial charge in [-0.3, -0.25) is 9.59 Å². The summed E-state index contributed by atoms with van der Waals surface area (Å²) in [7, 11) is 0. The van der Waals surface area contributed by atoms with Gasteiger partial charge in [0.15, 0.2) is 6.54 Å². The first-order valence-electron chi connectivity index (χ1n) is 7.18. The highest BCUT2D eigenvalue weighted by molar-refractivity contribution is 6.30. The van der Waals surface area contributed by atoms with Gasteiger partial charge in [-0.05, 0) is 30.5 Å². The largest absolute Gasteiger partial charge is 0.369 e. The third kappa shape index (κ3) is 5.02. The lowest BCUT2D eigenvalue weighted by molar-refractivity contribution is -0.899. The van der Waals surface area contributed by atoms with Crippen molar-refractivity contribution in [3.8, 4) is 0 Å². The topological polar surface area (TPSA) is 76.6 Å². The number of amides is 2. The smallest absolute Gasteiger partial charge is 0.275 e. The van der Waals surface area contributed by atoms with Crippen LogP contribution in [-0.4, -0.2) is 31.4 Å². The van der Waals surface area contributed by atoms with Crippen LogP contribution in [0.15, 0.2) is 24.3 Å². The van der Waals surface area contributed by atoms with Crippen LogP contribution < -0.4 is 16.0 Å². The summed E-state index contributed by atoms with van der Waals surface area (Å²) in [5, 5.41) is 3.57. The summed E-state index contributed by atoms with van der Waals surface area (Å²) in [4.78, 5) is 24.3. The molecular weight excluding hydrogens is 290 g/mol. The summed E-state index contributed by atoms with van der Waals surface area (Å²) in [6.45, 7) is 2.45. The van der Waals surface area contributed by atoms with E-state index < -0.39 is 0 Å². The summed E-state index contributed by atoms with van der Waals surface area (Å²) in [5.41, 5.74) is 6.35. The Labute approximate surface area is 129 Å².